The van der Waals surface area contributed by atoms with Gasteiger partial charge >= 0.3 is 6.09 Å². The van der Waals surface area contributed by atoms with Gasteiger partial charge < -0.3 is 25.4 Å². The number of hydrogen-bond acceptors (Lipinski definition) is 7. The van der Waals surface area contributed by atoms with E-state index in [9.17, 15) is 30.2 Å². The van der Waals surface area contributed by atoms with Gasteiger partial charge in [0.1, 0.15) is 23.6 Å². The first kappa shape index (κ1) is 18.7. The monoisotopic (exact) mass is 328 g/mol. The van der Waals surface area contributed by atoms with E-state index in [1.54, 1.807) is 20.8 Å². The van der Waals surface area contributed by atoms with Crippen LogP contribution in [0.2, 0.25) is 0 Å². The molecule has 0 saturated heterocycles. The van der Waals surface area contributed by atoms with Crippen LogP contribution in [0.5, 0.6) is 5.75 Å². The van der Waals surface area contributed by atoms with Gasteiger partial charge in [-0.2, -0.15) is 0 Å². The molecule has 0 aliphatic heterocycles. The summed E-state index contributed by atoms with van der Waals surface area (Å²) >= 11 is 0. The number of phenolic OH excluding ortho intramolecular Hbond substituents is 1. The molecule has 9 nitrogen and oxygen atoms in total. The highest BCUT2D eigenvalue weighted by Crippen LogP contribution is 2.30. The number of aliphatic hydroxyl groups is 2. The maximum absolute atomic E-state index is 11.5. The number of aliphatic hydroxyl groups excluding tert-OH is 2. The second kappa shape index (κ2) is 7.25. The molecule has 1 rings (SSSR count). The van der Waals surface area contributed by atoms with Gasteiger partial charge in [-0.3, -0.25) is 10.1 Å². The normalized spacial score (nSPS) is 14.0. The average molecular weight is 328 g/mol. The van der Waals surface area contributed by atoms with E-state index in [2.05, 4.69) is 5.32 Å². The van der Waals surface area contributed by atoms with Crippen LogP contribution in [0.15, 0.2) is 18.2 Å². The number of rotatable bonds is 5. The summed E-state index contributed by atoms with van der Waals surface area (Å²) in [6.07, 6.45) is -3.90. The predicted molar refractivity (Wildman–Crippen MR) is 80.0 cm³/mol. The lowest BCUT2D eigenvalue weighted by atomic mass is 10.0. The molecule has 0 bridgehead atoms. The number of amides is 1. The summed E-state index contributed by atoms with van der Waals surface area (Å²) < 4.78 is 4.97. The third-order valence-corrected chi connectivity index (χ3v) is 2.75. The Morgan fingerprint density at radius 2 is 2.00 bits per heavy atom. The number of nitrogens with zero attached hydrogens (tertiary/aromatic N) is 1. The molecule has 1 aromatic carbocycles. The van der Waals surface area contributed by atoms with E-state index in [0.29, 0.717) is 0 Å². The highest BCUT2D eigenvalue weighted by Gasteiger charge is 2.27. The third-order valence-electron chi connectivity index (χ3n) is 2.75. The van der Waals surface area contributed by atoms with Crippen molar-refractivity contribution in [3.63, 3.8) is 0 Å². The van der Waals surface area contributed by atoms with Crippen molar-refractivity contribution in [2.45, 2.75) is 38.6 Å². The number of nitro groups is 1. The number of benzene rings is 1. The van der Waals surface area contributed by atoms with Crippen LogP contribution in [0.25, 0.3) is 0 Å². The maximum Gasteiger partial charge on any atom is 0.407 e. The minimum absolute atomic E-state index is 0.175. The molecule has 0 aromatic heterocycles. The van der Waals surface area contributed by atoms with E-state index < -0.39 is 34.5 Å². The molecule has 1 amide bonds. The zero-order chi connectivity index (χ0) is 17.8. The standard InChI is InChI=1S/C14H20N2O7/c1-14(2,3)23-13(20)15-7-11(18)12(19)9-5-4-8(17)6-10(9)16(21)22/h4-6,11-12,17-19H,7H2,1-3H3,(H,15,20). The number of phenols is 1. The van der Waals surface area contributed by atoms with Crippen LogP contribution in [0.4, 0.5) is 10.5 Å². The number of carbonyl (C=O) groups is 1. The number of nitro benzene ring substituents is 1. The van der Waals surface area contributed by atoms with Gasteiger partial charge in [-0.1, -0.05) is 0 Å². The molecular weight excluding hydrogens is 308 g/mol. The molecule has 23 heavy (non-hydrogen) atoms. The topological polar surface area (TPSA) is 142 Å². The van der Waals surface area contributed by atoms with Crippen LogP contribution in [-0.2, 0) is 4.74 Å². The summed E-state index contributed by atoms with van der Waals surface area (Å²) in [5, 5.41) is 42.4. The highest BCUT2D eigenvalue weighted by molar-refractivity contribution is 5.67. The van der Waals surface area contributed by atoms with Crippen LogP contribution < -0.4 is 5.32 Å². The Balaban J connectivity index is 2.76. The lowest BCUT2D eigenvalue weighted by molar-refractivity contribution is -0.386. The zero-order valence-corrected chi connectivity index (χ0v) is 13.0. The second-order valence-electron chi connectivity index (χ2n) is 5.90. The number of nitrogens with one attached hydrogen (secondary N) is 1. The molecule has 0 heterocycles. The lowest BCUT2D eigenvalue weighted by Crippen LogP contribution is -2.38. The van der Waals surface area contributed by atoms with Crippen molar-refractivity contribution in [3.05, 3.63) is 33.9 Å². The summed E-state index contributed by atoms with van der Waals surface area (Å²) in [5.74, 6) is -0.339. The quantitative estimate of drug-likeness (QED) is 0.470. The number of carbonyl (C=O) groups excluding carboxylic acids is 1. The zero-order valence-electron chi connectivity index (χ0n) is 13.0. The van der Waals surface area contributed by atoms with Crippen molar-refractivity contribution in [3.8, 4) is 5.75 Å². The molecule has 0 saturated carbocycles. The van der Waals surface area contributed by atoms with Crippen molar-refractivity contribution < 1.29 is 29.8 Å². The highest BCUT2D eigenvalue weighted by atomic mass is 16.6. The Morgan fingerprint density at radius 3 is 2.52 bits per heavy atom. The van der Waals surface area contributed by atoms with Crippen molar-refractivity contribution in [1.82, 2.24) is 5.32 Å². The molecule has 0 radical (unpaired) electrons. The fraction of sp³-hybridized carbons (Fsp3) is 0.500. The van der Waals surface area contributed by atoms with Gasteiger partial charge in [-0.05, 0) is 32.9 Å². The smallest absolute Gasteiger partial charge is 0.407 e. The molecule has 0 aliphatic rings. The van der Waals surface area contributed by atoms with Crippen LogP contribution in [0.3, 0.4) is 0 Å². The Morgan fingerprint density at radius 1 is 1.39 bits per heavy atom. The molecule has 2 unspecified atom stereocenters. The first-order valence-electron chi connectivity index (χ1n) is 6.81. The molecule has 0 spiro atoms. The summed E-state index contributed by atoms with van der Waals surface area (Å²) in [7, 11) is 0. The Bertz CT molecular complexity index is 583. The number of ether oxygens (including phenoxy) is 1. The Hall–Kier alpha value is -2.39. The number of aromatic hydroxyl groups is 1. The molecular formula is C14H20N2O7. The molecule has 0 fully saturated rings. The molecule has 4 N–H and O–H groups in total. The van der Waals surface area contributed by atoms with E-state index in [1.807, 2.05) is 0 Å². The van der Waals surface area contributed by atoms with Crippen LogP contribution in [0, 0.1) is 10.1 Å². The minimum Gasteiger partial charge on any atom is -0.508 e. The molecule has 128 valence electrons. The molecule has 2 atom stereocenters. The first-order chi connectivity index (χ1) is 10.5. The van der Waals surface area contributed by atoms with Crippen LogP contribution >= 0.6 is 0 Å². The number of hydrogen-bond donors (Lipinski definition) is 4. The number of alkyl carbamates (subject to hydrolysis) is 1. The largest absolute Gasteiger partial charge is 0.508 e. The van der Waals surface area contributed by atoms with Gasteiger partial charge in [0.25, 0.3) is 5.69 Å². The maximum atomic E-state index is 11.5. The van der Waals surface area contributed by atoms with Crippen LogP contribution in [-0.4, -0.2) is 44.6 Å². The lowest BCUT2D eigenvalue weighted by Gasteiger charge is -2.22. The van der Waals surface area contributed by atoms with E-state index in [4.69, 9.17) is 4.74 Å². The van der Waals surface area contributed by atoms with E-state index in [1.165, 1.54) is 0 Å². The average Bonchev–Trinajstić information content (AvgIpc) is 2.42. The van der Waals surface area contributed by atoms with Crippen molar-refractivity contribution in [1.29, 1.82) is 0 Å². The fourth-order valence-electron chi connectivity index (χ4n) is 1.76. The summed E-state index contributed by atoms with van der Waals surface area (Å²) in [6, 6.07) is 3.15. The van der Waals surface area contributed by atoms with Gasteiger partial charge in [0.05, 0.1) is 16.6 Å². The summed E-state index contributed by atoms with van der Waals surface area (Å²) in [5.41, 5.74) is -1.43. The van der Waals surface area contributed by atoms with E-state index >= 15 is 0 Å². The molecule has 0 aliphatic carbocycles. The van der Waals surface area contributed by atoms with E-state index in [-0.39, 0.29) is 17.9 Å². The van der Waals surface area contributed by atoms with Gasteiger partial charge in [-0.25, -0.2) is 4.79 Å². The van der Waals surface area contributed by atoms with Crippen LogP contribution in [0.1, 0.15) is 32.4 Å². The summed E-state index contributed by atoms with van der Waals surface area (Å²) in [6.45, 7) is 4.63. The van der Waals surface area contributed by atoms with Gasteiger partial charge in [0.15, 0.2) is 0 Å². The van der Waals surface area contributed by atoms with E-state index in [0.717, 1.165) is 18.2 Å². The van der Waals surface area contributed by atoms with Crippen molar-refractivity contribution >= 4 is 11.8 Å². The Labute approximate surface area is 132 Å². The van der Waals surface area contributed by atoms with Gasteiger partial charge in [-0.15, -0.1) is 0 Å². The molecule has 9 heteroatoms. The van der Waals surface area contributed by atoms with Gasteiger partial charge in [0, 0.05) is 6.54 Å². The second-order valence-corrected chi connectivity index (χ2v) is 5.90. The molecule has 1 aromatic rings. The fourth-order valence-corrected chi connectivity index (χ4v) is 1.76. The van der Waals surface area contributed by atoms with Crippen molar-refractivity contribution in [2.24, 2.45) is 0 Å². The van der Waals surface area contributed by atoms with Gasteiger partial charge in [0.2, 0.25) is 0 Å². The van der Waals surface area contributed by atoms with Crippen molar-refractivity contribution in [2.75, 3.05) is 6.54 Å². The third kappa shape index (κ3) is 5.72. The summed E-state index contributed by atoms with van der Waals surface area (Å²) in [4.78, 5) is 21.6. The minimum atomic E-state index is -1.62. The Kier molecular flexibility index (Phi) is 5.88. The SMILES string of the molecule is CC(C)(C)OC(=O)NCC(O)C(O)c1ccc(O)cc1[N+](=O)[O-]. The first-order valence-corrected chi connectivity index (χ1v) is 6.81. The predicted octanol–water partition coefficient (Wildman–Crippen LogP) is 1.22.